The Balaban J connectivity index is 3.05. The maximum Gasteiger partial charge on any atom is 0.396 e. The number of rotatable bonds is 3. The van der Waals surface area contributed by atoms with Crippen LogP contribution in [0.2, 0.25) is 0 Å². The molecular weight excluding hydrogens is 263 g/mol. The van der Waals surface area contributed by atoms with E-state index in [1.807, 2.05) is 0 Å². The van der Waals surface area contributed by atoms with Gasteiger partial charge >= 0.3 is 6.18 Å². The monoisotopic (exact) mass is 270 g/mol. The molecule has 0 fully saturated rings. The molecule has 8 heteroatoms. The Hall–Kier alpha value is -0.910. The van der Waals surface area contributed by atoms with Gasteiger partial charge in [-0.15, -0.1) is 0 Å². The van der Waals surface area contributed by atoms with E-state index >= 15 is 0 Å². The SMILES string of the molecule is O=P([O-])([O-])C(Cc1ccccc1F)C(F)(F)F. The molecule has 3 nitrogen and oxygen atoms in total. The summed E-state index contributed by atoms with van der Waals surface area (Å²) in [7, 11) is -5.87. The van der Waals surface area contributed by atoms with E-state index in [0.717, 1.165) is 12.1 Å². The second-order valence-electron chi connectivity index (χ2n) is 3.39. The fourth-order valence-corrected chi connectivity index (χ4v) is 2.06. The van der Waals surface area contributed by atoms with Crippen LogP contribution in [0.4, 0.5) is 17.6 Å². The highest BCUT2D eigenvalue weighted by atomic mass is 31.2. The lowest BCUT2D eigenvalue weighted by Gasteiger charge is -2.39. The molecule has 0 amide bonds. The first-order valence-electron chi connectivity index (χ1n) is 4.44. The van der Waals surface area contributed by atoms with Crippen molar-refractivity contribution in [2.75, 3.05) is 0 Å². The number of alkyl halides is 3. The quantitative estimate of drug-likeness (QED) is 0.612. The van der Waals surface area contributed by atoms with E-state index in [1.54, 1.807) is 0 Å². The molecule has 1 atom stereocenters. The minimum Gasteiger partial charge on any atom is -0.810 e. The van der Waals surface area contributed by atoms with Gasteiger partial charge in [-0.2, -0.15) is 13.2 Å². The van der Waals surface area contributed by atoms with Crippen molar-refractivity contribution in [1.82, 2.24) is 0 Å². The Morgan fingerprint density at radius 2 is 1.76 bits per heavy atom. The summed E-state index contributed by atoms with van der Waals surface area (Å²) < 4.78 is 60.6. The van der Waals surface area contributed by atoms with Gasteiger partial charge in [0.2, 0.25) is 0 Å². The van der Waals surface area contributed by atoms with Crippen LogP contribution in [-0.2, 0) is 11.0 Å². The van der Waals surface area contributed by atoms with Crippen molar-refractivity contribution in [3.8, 4) is 0 Å². The topological polar surface area (TPSA) is 63.2 Å². The highest BCUT2D eigenvalue weighted by molar-refractivity contribution is 7.49. The third-order valence-electron chi connectivity index (χ3n) is 2.13. The molecule has 0 spiro atoms. The fourth-order valence-electron chi connectivity index (χ4n) is 1.28. The van der Waals surface area contributed by atoms with Gasteiger partial charge in [-0.05, 0) is 18.1 Å². The first-order chi connectivity index (χ1) is 7.62. The molecule has 0 aliphatic carbocycles. The third kappa shape index (κ3) is 3.80. The summed E-state index contributed by atoms with van der Waals surface area (Å²) in [6.45, 7) is 0. The molecule has 0 bridgehead atoms. The Kier molecular flexibility index (Phi) is 3.96. The van der Waals surface area contributed by atoms with E-state index in [1.165, 1.54) is 12.1 Å². The van der Waals surface area contributed by atoms with E-state index in [4.69, 9.17) is 0 Å². The maximum absolute atomic E-state index is 13.1. The first-order valence-corrected chi connectivity index (χ1v) is 6.05. The van der Waals surface area contributed by atoms with E-state index in [9.17, 15) is 31.9 Å². The number of halogens is 4. The zero-order valence-corrected chi connectivity index (χ0v) is 9.17. The minimum absolute atomic E-state index is 0.457. The van der Waals surface area contributed by atoms with Crippen LogP contribution < -0.4 is 9.79 Å². The van der Waals surface area contributed by atoms with Crippen LogP contribution in [0, 0.1) is 5.82 Å². The van der Waals surface area contributed by atoms with E-state index < -0.39 is 37.2 Å². The predicted molar refractivity (Wildman–Crippen MR) is 47.6 cm³/mol. The second kappa shape index (κ2) is 4.76. The summed E-state index contributed by atoms with van der Waals surface area (Å²) in [6.07, 6.45) is -6.41. The highest BCUT2D eigenvalue weighted by Crippen LogP contribution is 2.44. The van der Waals surface area contributed by atoms with Crippen molar-refractivity contribution >= 4 is 7.60 Å². The molecule has 0 aliphatic rings. The van der Waals surface area contributed by atoms with Gasteiger partial charge in [-0.3, -0.25) is 0 Å². The van der Waals surface area contributed by atoms with Gasteiger partial charge in [-0.25, -0.2) is 4.39 Å². The van der Waals surface area contributed by atoms with Gasteiger partial charge in [0, 0.05) is 0 Å². The molecule has 0 heterocycles. The fraction of sp³-hybridized carbons (Fsp3) is 0.333. The van der Waals surface area contributed by atoms with Crippen molar-refractivity contribution in [2.24, 2.45) is 0 Å². The van der Waals surface area contributed by atoms with Crippen molar-refractivity contribution in [1.29, 1.82) is 0 Å². The summed E-state index contributed by atoms with van der Waals surface area (Å²) in [5.41, 5.74) is -3.56. The van der Waals surface area contributed by atoms with E-state index in [2.05, 4.69) is 0 Å². The van der Waals surface area contributed by atoms with Crippen LogP contribution in [0.3, 0.4) is 0 Å². The van der Waals surface area contributed by atoms with Crippen LogP contribution in [-0.4, -0.2) is 11.8 Å². The largest absolute Gasteiger partial charge is 0.810 e. The summed E-state index contributed by atoms with van der Waals surface area (Å²) in [6, 6.07) is 4.40. The molecule has 0 radical (unpaired) electrons. The Bertz CT molecular complexity index is 440. The molecule has 1 aromatic carbocycles. The van der Waals surface area contributed by atoms with Gasteiger partial charge in [0.25, 0.3) is 0 Å². The Labute approximate surface area is 94.2 Å². The van der Waals surface area contributed by atoms with Gasteiger partial charge in [0.1, 0.15) is 5.82 Å². The van der Waals surface area contributed by atoms with Gasteiger partial charge in [0.05, 0.1) is 5.66 Å². The van der Waals surface area contributed by atoms with Crippen LogP contribution in [0.25, 0.3) is 0 Å². The molecule has 1 unspecified atom stereocenters. The molecule has 0 aliphatic heterocycles. The third-order valence-corrected chi connectivity index (χ3v) is 3.37. The molecule has 0 saturated carbocycles. The standard InChI is InChI=1S/C9H9F4O3P/c10-7-4-2-1-3-6(7)5-8(9(11,12)13)17(14,15)16/h1-4,8H,5H2,(H2,14,15,16)/p-2. The molecule has 1 rings (SSSR count). The normalized spacial score (nSPS) is 14.7. The zero-order chi connectivity index (χ0) is 13.3. The second-order valence-corrected chi connectivity index (χ2v) is 5.10. The van der Waals surface area contributed by atoms with Crippen LogP contribution >= 0.6 is 7.60 Å². The van der Waals surface area contributed by atoms with Crippen LogP contribution in [0.1, 0.15) is 5.56 Å². The lowest BCUT2D eigenvalue weighted by molar-refractivity contribution is -0.324. The van der Waals surface area contributed by atoms with Crippen LogP contribution in [0.5, 0.6) is 0 Å². The van der Waals surface area contributed by atoms with Crippen molar-refractivity contribution in [3.63, 3.8) is 0 Å². The number of hydrogen-bond acceptors (Lipinski definition) is 3. The highest BCUT2D eigenvalue weighted by Gasteiger charge is 2.42. The lowest BCUT2D eigenvalue weighted by Crippen LogP contribution is -2.39. The van der Waals surface area contributed by atoms with Gasteiger partial charge < -0.3 is 14.4 Å². The van der Waals surface area contributed by atoms with Crippen molar-refractivity contribution < 1.29 is 31.9 Å². The first kappa shape index (κ1) is 14.2. The van der Waals surface area contributed by atoms with Crippen molar-refractivity contribution in [3.05, 3.63) is 35.6 Å². The molecule has 0 N–H and O–H groups in total. The van der Waals surface area contributed by atoms with Crippen molar-refractivity contribution in [2.45, 2.75) is 18.3 Å². The number of benzene rings is 1. The average Bonchev–Trinajstić information content (AvgIpc) is 2.12. The number of hydrogen-bond donors (Lipinski definition) is 0. The predicted octanol–water partition coefficient (Wildman–Crippen LogP) is 1.21. The van der Waals surface area contributed by atoms with Gasteiger partial charge in [0.15, 0.2) is 0 Å². The summed E-state index contributed by atoms with van der Waals surface area (Å²) in [5.74, 6) is -0.977. The smallest absolute Gasteiger partial charge is 0.396 e. The average molecular weight is 270 g/mol. The lowest BCUT2D eigenvalue weighted by atomic mass is 10.1. The Morgan fingerprint density at radius 3 is 2.18 bits per heavy atom. The molecule has 0 saturated heterocycles. The molecule has 0 aromatic heterocycles. The zero-order valence-electron chi connectivity index (χ0n) is 8.28. The van der Waals surface area contributed by atoms with Crippen LogP contribution in [0.15, 0.2) is 24.3 Å². The molecular formula is C9H7F4O3P-2. The van der Waals surface area contributed by atoms with E-state index in [0.29, 0.717) is 0 Å². The summed E-state index contributed by atoms with van der Waals surface area (Å²) in [5, 5.41) is 0. The molecule has 17 heavy (non-hydrogen) atoms. The maximum atomic E-state index is 13.1. The van der Waals surface area contributed by atoms with Gasteiger partial charge in [-0.1, -0.05) is 25.8 Å². The van der Waals surface area contributed by atoms with E-state index in [-0.39, 0.29) is 0 Å². The molecule has 1 aromatic rings. The summed E-state index contributed by atoms with van der Waals surface area (Å²) >= 11 is 0. The minimum atomic E-state index is -5.87. The molecule has 96 valence electrons. The summed E-state index contributed by atoms with van der Waals surface area (Å²) in [4.78, 5) is 21.0. The Morgan fingerprint density at radius 1 is 1.24 bits per heavy atom.